The smallest absolute Gasteiger partial charge is 0.338 e. The third-order valence-electron chi connectivity index (χ3n) is 5.04. The molecule has 7 nitrogen and oxygen atoms in total. The van der Waals surface area contributed by atoms with E-state index in [0.717, 1.165) is 5.56 Å². The highest BCUT2D eigenvalue weighted by molar-refractivity contribution is 5.92. The molecule has 29 heavy (non-hydrogen) atoms. The Morgan fingerprint density at radius 1 is 1.00 bits per heavy atom. The molecule has 1 fully saturated rings. The Bertz CT molecular complexity index is 839. The number of esters is 1. The zero-order chi connectivity index (χ0) is 21.0. The first-order valence-corrected chi connectivity index (χ1v) is 9.88. The minimum Gasteiger partial charge on any atom is -0.449 e. The van der Waals surface area contributed by atoms with E-state index in [2.05, 4.69) is 30.7 Å². The van der Waals surface area contributed by atoms with Gasteiger partial charge in [0.2, 0.25) is 5.95 Å². The zero-order valence-corrected chi connectivity index (χ0v) is 17.5. The van der Waals surface area contributed by atoms with Gasteiger partial charge < -0.3 is 14.5 Å². The maximum Gasteiger partial charge on any atom is 0.338 e. The monoisotopic (exact) mass is 396 g/mol. The fourth-order valence-electron chi connectivity index (χ4n) is 3.22. The Morgan fingerprint density at radius 2 is 1.59 bits per heavy atom. The van der Waals surface area contributed by atoms with Crippen LogP contribution in [0.3, 0.4) is 0 Å². The van der Waals surface area contributed by atoms with Crippen LogP contribution in [0.25, 0.3) is 0 Å². The minimum atomic E-state index is -0.829. The minimum absolute atomic E-state index is 0.0125. The van der Waals surface area contributed by atoms with Gasteiger partial charge in [0.1, 0.15) is 0 Å². The molecule has 154 valence electrons. The first kappa shape index (κ1) is 20.8. The summed E-state index contributed by atoms with van der Waals surface area (Å²) in [6, 6.07) is 9.12. The van der Waals surface area contributed by atoms with Crippen LogP contribution in [0.2, 0.25) is 0 Å². The van der Waals surface area contributed by atoms with Gasteiger partial charge >= 0.3 is 5.97 Å². The van der Waals surface area contributed by atoms with Gasteiger partial charge in [0.05, 0.1) is 5.56 Å². The molecule has 0 radical (unpaired) electrons. The van der Waals surface area contributed by atoms with Crippen LogP contribution >= 0.6 is 0 Å². The molecule has 0 bridgehead atoms. The summed E-state index contributed by atoms with van der Waals surface area (Å²) in [7, 11) is 0. The third kappa shape index (κ3) is 5.10. The largest absolute Gasteiger partial charge is 0.449 e. The number of rotatable bonds is 4. The molecule has 1 unspecified atom stereocenters. The first-order valence-electron chi connectivity index (χ1n) is 9.88. The normalized spacial score (nSPS) is 15.7. The molecule has 1 aromatic heterocycles. The lowest BCUT2D eigenvalue weighted by molar-refractivity contribution is -0.140. The van der Waals surface area contributed by atoms with Crippen molar-refractivity contribution >= 4 is 17.8 Å². The van der Waals surface area contributed by atoms with Gasteiger partial charge in [-0.25, -0.2) is 14.8 Å². The van der Waals surface area contributed by atoms with Crippen molar-refractivity contribution in [2.45, 2.75) is 39.2 Å². The third-order valence-corrected chi connectivity index (χ3v) is 5.04. The van der Waals surface area contributed by atoms with Crippen molar-refractivity contribution in [1.29, 1.82) is 0 Å². The summed E-state index contributed by atoms with van der Waals surface area (Å²) in [6.45, 7) is 10.3. The first-order chi connectivity index (χ1) is 13.8. The van der Waals surface area contributed by atoms with E-state index in [1.165, 1.54) is 0 Å². The molecule has 1 amide bonds. The number of benzene rings is 1. The number of piperazine rings is 1. The van der Waals surface area contributed by atoms with Gasteiger partial charge in [-0.05, 0) is 36.1 Å². The Hall–Kier alpha value is -2.96. The summed E-state index contributed by atoms with van der Waals surface area (Å²) in [4.78, 5) is 37.4. The van der Waals surface area contributed by atoms with Crippen molar-refractivity contribution in [1.82, 2.24) is 14.9 Å². The number of nitrogens with zero attached hydrogens (tertiary/aromatic N) is 4. The second-order valence-electron chi connectivity index (χ2n) is 8.24. The molecule has 7 heteroatoms. The van der Waals surface area contributed by atoms with E-state index in [1.54, 1.807) is 42.4 Å². The van der Waals surface area contributed by atoms with Gasteiger partial charge in [0, 0.05) is 38.6 Å². The van der Waals surface area contributed by atoms with Crippen molar-refractivity contribution in [2.75, 3.05) is 31.1 Å². The molecule has 1 aliphatic rings. The summed E-state index contributed by atoms with van der Waals surface area (Å²) in [6.07, 6.45) is 2.58. The summed E-state index contributed by atoms with van der Waals surface area (Å²) in [5.41, 5.74) is 1.60. The quantitative estimate of drug-likeness (QED) is 0.740. The van der Waals surface area contributed by atoms with Crippen molar-refractivity contribution in [3.63, 3.8) is 0 Å². The maximum atomic E-state index is 12.7. The predicted molar refractivity (Wildman–Crippen MR) is 111 cm³/mol. The molecular weight excluding hydrogens is 368 g/mol. The van der Waals surface area contributed by atoms with Crippen LogP contribution < -0.4 is 4.90 Å². The van der Waals surface area contributed by atoms with E-state index in [0.29, 0.717) is 37.7 Å². The van der Waals surface area contributed by atoms with Crippen LogP contribution in [-0.4, -0.2) is 59.0 Å². The fourth-order valence-corrected chi connectivity index (χ4v) is 3.22. The van der Waals surface area contributed by atoms with E-state index in [4.69, 9.17) is 4.74 Å². The molecule has 1 atom stereocenters. The van der Waals surface area contributed by atoms with E-state index < -0.39 is 12.1 Å². The number of hydrogen-bond donors (Lipinski definition) is 0. The van der Waals surface area contributed by atoms with Gasteiger partial charge in [-0.15, -0.1) is 0 Å². The van der Waals surface area contributed by atoms with Gasteiger partial charge in [0.15, 0.2) is 6.10 Å². The molecule has 1 saturated heterocycles. The number of carbonyl (C=O) groups is 2. The highest BCUT2D eigenvalue weighted by Gasteiger charge is 2.28. The molecule has 2 aromatic rings. The lowest BCUT2D eigenvalue weighted by Crippen LogP contribution is -2.52. The van der Waals surface area contributed by atoms with E-state index in [9.17, 15) is 9.59 Å². The van der Waals surface area contributed by atoms with Crippen LogP contribution in [0.5, 0.6) is 0 Å². The molecule has 2 heterocycles. The Morgan fingerprint density at radius 3 is 2.14 bits per heavy atom. The Kier molecular flexibility index (Phi) is 6.15. The lowest BCUT2D eigenvalue weighted by atomic mass is 9.87. The Balaban J connectivity index is 1.53. The SMILES string of the molecule is CC(OC(=O)c1ccc(C(C)(C)C)cc1)C(=O)N1CCN(c2ncccn2)CC1. The molecule has 0 N–H and O–H groups in total. The average molecular weight is 396 g/mol. The van der Waals surface area contributed by atoms with Crippen molar-refractivity contribution in [2.24, 2.45) is 0 Å². The number of anilines is 1. The van der Waals surface area contributed by atoms with Crippen molar-refractivity contribution in [3.8, 4) is 0 Å². The molecule has 0 aliphatic carbocycles. The van der Waals surface area contributed by atoms with Crippen LogP contribution in [0.4, 0.5) is 5.95 Å². The molecular formula is C22H28N4O3. The van der Waals surface area contributed by atoms with Crippen LogP contribution in [-0.2, 0) is 14.9 Å². The lowest BCUT2D eigenvalue weighted by Gasteiger charge is -2.35. The van der Waals surface area contributed by atoms with Crippen molar-refractivity contribution in [3.05, 3.63) is 53.9 Å². The van der Waals surface area contributed by atoms with Gasteiger partial charge in [-0.2, -0.15) is 0 Å². The number of hydrogen-bond acceptors (Lipinski definition) is 6. The van der Waals surface area contributed by atoms with Crippen LogP contribution in [0.15, 0.2) is 42.7 Å². The highest BCUT2D eigenvalue weighted by Crippen LogP contribution is 2.22. The van der Waals surface area contributed by atoms with Crippen LogP contribution in [0, 0.1) is 0 Å². The number of amides is 1. The van der Waals surface area contributed by atoms with E-state index >= 15 is 0 Å². The van der Waals surface area contributed by atoms with Crippen LogP contribution in [0.1, 0.15) is 43.6 Å². The van der Waals surface area contributed by atoms with E-state index in [-0.39, 0.29) is 11.3 Å². The zero-order valence-electron chi connectivity index (χ0n) is 17.5. The molecule has 1 aromatic carbocycles. The second kappa shape index (κ2) is 8.59. The number of carbonyl (C=O) groups excluding carboxylic acids is 2. The highest BCUT2D eigenvalue weighted by atomic mass is 16.5. The number of ether oxygens (including phenoxy) is 1. The average Bonchev–Trinajstić information content (AvgIpc) is 2.73. The van der Waals surface area contributed by atoms with Crippen molar-refractivity contribution < 1.29 is 14.3 Å². The summed E-state index contributed by atoms with van der Waals surface area (Å²) in [5, 5.41) is 0. The molecule has 0 spiro atoms. The topological polar surface area (TPSA) is 75.6 Å². The predicted octanol–water partition coefficient (Wildman–Crippen LogP) is 2.67. The molecule has 3 rings (SSSR count). The van der Waals surface area contributed by atoms with Gasteiger partial charge in [-0.3, -0.25) is 4.79 Å². The summed E-state index contributed by atoms with van der Waals surface area (Å²) in [5.74, 6) is -0.00120. The second-order valence-corrected chi connectivity index (χ2v) is 8.24. The molecule has 1 aliphatic heterocycles. The summed E-state index contributed by atoms with van der Waals surface area (Å²) < 4.78 is 5.42. The summed E-state index contributed by atoms with van der Waals surface area (Å²) >= 11 is 0. The number of aromatic nitrogens is 2. The van der Waals surface area contributed by atoms with Gasteiger partial charge in [-0.1, -0.05) is 32.9 Å². The fraction of sp³-hybridized carbons (Fsp3) is 0.455. The maximum absolute atomic E-state index is 12.7. The Labute approximate surface area is 171 Å². The standard InChI is InChI=1S/C22H28N4O3/c1-16(29-20(28)17-6-8-18(9-7-17)22(2,3)4)19(27)25-12-14-26(15-13-25)21-23-10-5-11-24-21/h5-11,16H,12-15H2,1-4H3. The molecule has 0 saturated carbocycles. The van der Waals surface area contributed by atoms with E-state index in [1.807, 2.05) is 17.0 Å². The van der Waals surface area contributed by atoms with Gasteiger partial charge in [0.25, 0.3) is 5.91 Å².